The molecule has 1 aromatic carbocycles. The van der Waals surface area contributed by atoms with Crippen LogP contribution in [0.4, 0.5) is 11.5 Å². The summed E-state index contributed by atoms with van der Waals surface area (Å²) in [6.45, 7) is 2.07. The molecule has 76 valence electrons. The van der Waals surface area contributed by atoms with Gasteiger partial charge in [0, 0.05) is 16.4 Å². The zero-order valence-electron chi connectivity index (χ0n) is 8.37. The second-order valence-electron chi connectivity index (χ2n) is 3.36. The number of nitrogens with zero attached hydrogens (tertiary/aromatic N) is 1. The first kappa shape index (κ1) is 10.2. The highest BCUT2D eigenvalue weighted by Gasteiger charge is 1.95. The molecule has 1 aromatic heterocycles. The number of anilines is 2. The number of benzene rings is 1. The minimum absolute atomic E-state index is 0.851. The van der Waals surface area contributed by atoms with Crippen molar-refractivity contribution in [1.29, 1.82) is 0 Å². The molecule has 1 heterocycles. The molecule has 3 heteroatoms. The van der Waals surface area contributed by atoms with Gasteiger partial charge in [-0.15, -0.1) is 0 Å². The van der Waals surface area contributed by atoms with Gasteiger partial charge in [-0.1, -0.05) is 12.1 Å². The van der Waals surface area contributed by atoms with Crippen molar-refractivity contribution in [2.24, 2.45) is 0 Å². The molecule has 0 spiro atoms. The Hall–Kier alpha value is -1.35. The zero-order valence-corrected chi connectivity index (χ0v) is 9.95. The molecule has 2 nitrogen and oxygen atoms in total. The third-order valence-corrected chi connectivity index (χ3v) is 2.49. The molecular formula is C12H11BrN2. The van der Waals surface area contributed by atoms with Gasteiger partial charge < -0.3 is 5.32 Å². The summed E-state index contributed by atoms with van der Waals surface area (Å²) in [7, 11) is 0. The third kappa shape index (κ3) is 2.80. The summed E-state index contributed by atoms with van der Waals surface area (Å²) in [4.78, 5) is 4.25. The van der Waals surface area contributed by atoms with Crippen LogP contribution in [0.2, 0.25) is 0 Å². The Morgan fingerprint density at radius 2 is 2.07 bits per heavy atom. The number of hydrogen-bond donors (Lipinski definition) is 1. The number of nitrogens with one attached hydrogen (secondary N) is 1. The molecule has 15 heavy (non-hydrogen) atoms. The van der Waals surface area contributed by atoms with E-state index in [2.05, 4.69) is 45.3 Å². The second-order valence-corrected chi connectivity index (χ2v) is 4.27. The van der Waals surface area contributed by atoms with E-state index in [0.717, 1.165) is 16.0 Å². The van der Waals surface area contributed by atoms with E-state index in [0.29, 0.717) is 0 Å². The predicted molar refractivity (Wildman–Crippen MR) is 66.4 cm³/mol. The van der Waals surface area contributed by atoms with Crippen molar-refractivity contribution in [2.75, 3.05) is 5.32 Å². The monoisotopic (exact) mass is 262 g/mol. The van der Waals surface area contributed by atoms with Crippen LogP contribution in [0.1, 0.15) is 5.56 Å². The minimum Gasteiger partial charge on any atom is -0.340 e. The molecule has 1 N–H and O–H groups in total. The largest absolute Gasteiger partial charge is 0.340 e. The van der Waals surface area contributed by atoms with Crippen LogP contribution in [0.25, 0.3) is 0 Å². The van der Waals surface area contributed by atoms with E-state index >= 15 is 0 Å². The Bertz CT molecular complexity index is 451. The molecule has 0 atom stereocenters. The number of aryl methyl sites for hydroxylation is 1. The van der Waals surface area contributed by atoms with Crippen molar-refractivity contribution in [2.45, 2.75) is 6.92 Å². The van der Waals surface area contributed by atoms with Crippen molar-refractivity contribution in [3.63, 3.8) is 0 Å². The van der Waals surface area contributed by atoms with Crippen LogP contribution >= 0.6 is 15.9 Å². The van der Waals surface area contributed by atoms with Crippen molar-refractivity contribution < 1.29 is 0 Å². The van der Waals surface area contributed by atoms with E-state index in [-0.39, 0.29) is 0 Å². The van der Waals surface area contributed by atoms with E-state index in [1.807, 2.05) is 24.3 Å². The lowest BCUT2D eigenvalue weighted by atomic mass is 10.2. The molecule has 0 aliphatic rings. The molecule has 0 saturated carbocycles. The number of pyridine rings is 1. The smallest absolute Gasteiger partial charge is 0.130 e. The lowest BCUT2D eigenvalue weighted by molar-refractivity contribution is 1.29. The molecule has 2 aromatic rings. The first-order chi connectivity index (χ1) is 7.24. The topological polar surface area (TPSA) is 24.9 Å². The van der Waals surface area contributed by atoms with Crippen LogP contribution in [-0.2, 0) is 0 Å². The number of halogens is 1. The quantitative estimate of drug-likeness (QED) is 0.888. The highest BCUT2D eigenvalue weighted by Crippen LogP contribution is 2.17. The molecule has 0 bridgehead atoms. The fourth-order valence-electron chi connectivity index (χ4n) is 1.32. The lowest BCUT2D eigenvalue weighted by Crippen LogP contribution is -1.92. The van der Waals surface area contributed by atoms with Gasteiger partial charge in [0.2, 0.25) is 0 Å². The number of aromatic nitrogens is 1. The van der Waals surface area contributed by atoms with Crippen LogP contribution in [0.15, 0.2) is 47.1 Å². The Morgan fingerprint density at radius 3 is 2.73 bits per heavy atom. The summed E-state index contributed by atoms with van der Waals surface area (Å²) in [5.41, 5.74) is 2.29. The van der Waals surface area contributed by atoms with Gasteiger partial charge in [-0.25, -0.2) is 4.98 Å². The molecule has 0 aliphatic carbocycles. The van der Waals surface area contributed by atoms with Gasteiger partial charge in [0.1, 0.15) is 5.82 Å². The minimum atomic E-state index is 0.851. The molecule has 0 saturated heterocycles. The summed E-state index contributed by atoms with van der Waals surface area (Å²) in [5.74, 6) is 0.851. The third-order valence-electron chi connectivity index (χ3n) is 2.02. The van der Waals surface area contributed by atoms with Gasteiger partial charge in [0.15, 0.2) is 0 Å². The summed E-state index contributed by atoms with van der Waals surface area (Å²) in [5, 5.41) is 3.24. The van der Waals surface area contributed by atoms with Gasteiger partial charge in [0.05, 0.1) is 0 Å². The maximum absolute atomic E-state index is 4.25. The lowest BCUT2D eigenvalue weighted by Gasteiger charge is -2.05. The van der Waals surface area contributed by atoms with Crippen molar-refractivity contribution in [3.8, 4) is 0 Å². The molecular weight excluding hydrogens is 252 g/mol. The molecule has 0 unspecified atom stereocenters. The summed E-state index contributed by atoms with van der Waals surface area (Å²) < 4.78 is 0.984. The Kier molecular flexibility index (Phi) is 3.02. The molecule has 2 rings (SSSR count). The fraction of sp³-hybridized carbons (Fsp3) is 0.0833. The first-order valence-corrected chi connectivity index (χ1v) is 5.48. The summed E-state index contributed by atoms with van der Waals surface area (Å²) in [6.07, 6.45) is 1.78. The van der Waals surface area contributed by atoms with Gasteiger partial charge in [-0.2, -0.15) is 0 Å². The second kappa shape index (κ2) is 4.45. The highest BCUT2D eigenvalue weighted by atomic mass is 79.9. The van der Waals surface area contributed by atoms with Crippen molar-refractivity contribution in [3.05, 3.63) is 52.6 Å². The Morgan fingerprint density at radius 1 is 1.20 bits per heavy atom. The van der Waals surface area contributed by atoms with Gasteiger partial charge in [-0.05, 0) is 52.7 Å². The average Bonchev–Trinajstić information content (AvgIpc) is 2.22. The summed E-state index contributed by atoms with van der Waals surface area (Å²) >= 11 is 3.35. The molecule has 0 radical (unpaired) electrons. The molecule has 0 fully saturated rings. The van der Waals surface area contributed by atoms with E-state index in [1.165, 1.54) is 5.56 Å². The van der Waals surface area contributed by atoms with Crippen LogP contribution in [0, 0.1) is 6.92 Å². The number of hydrogen-bond acceptors (Lipinski definition) is 2. The van der Waals surface area contributed by atoms with E-state index in [4.69, 9.17) is 0 Å². The van der Waals surface area contributed by atoms with E-state index in [1.54, 1.807) is 6.20 Å². The van der Waals surface area contributed by atoms with E-state index in [9.17, 15) is 0 Å². The Labute approximate surface area is 97.5 Å². The SMILES string of the molecule is Cc1cccc(Nc2ccc(Br)cn2)c1. The van der Waals surface area contributed by atoms with E-state index < -0.39 is 0 Å². The zero-order chi connectivity index (χ0) is 10.7. The maximum Gasteiger partial charge on any atom is 0.130 e. The van der Waals surface area contributed by atoms with Crippen LogP contribution in [0.3, 0.4) is 0 Å². The van der Waals surface area contributed by atoms with Gasteiger partial charge in [0.25, 0.3) is 0 Å². The number of rotatable bonds is 2. The Balaban J connectivity index is 2.18. The highest BCUT2D eigenvalue weighted by molar-refractivity contribution is 9.10. The standard InChI is InChI=1S/C12H11BrN2/c1-9-3-2-4-11(7-9)15-12-6-5-10(13)8-14-12/h2-8H,1H3,(H,14,15). The first-order valence-electron chi connectivity index (χ1n) is 4.69. The van der Waals surface area contributed by atoms with Crippen LogP contribution in [-0.4, -0.2) is 4.98 Å². The fourth-order valence-corrected chi connectivity index (χ4v) is 1.56. The van der Waals surface area contributed by atoms with Crippen LogP contribution in [0.5, 0.6) is 0 Å². The van der Waals surface area contributed by atoms with Crippen molar-refractivity contribution >= 4 is 27.4 Å². The van der Waals surface area contributed by atoms with Gasteiger partial charge >= 0.3 is 0 Å². The predicted octanol–water partition coefficient (Wildman–Crippen LogP) is 3.90. The summed E-state index contributed by atoms with van der Waals surface area (Å²) in [6, 6.07) is 12.1. The van der Waals surface area contributed by atoms with Gasteiger partial charge in [-0.3, -0.25) is 0 Å². The van der Waals surface area contributed by atoms with Crippen molar-refractivity contribution in [1.82, 2.24) is 4.98 Å². The molecule has 0 aliphatic heterocycles. The average molecular weight is 263 g/mol. The molecule has 0 amide bonds. The normalized spacial score (nSPS) is 10.0. The maximum atomic E-state index is 4.25. The van der Waals surface area contributed by atoms with Crippen LogP contribution < -0.4 is 5.32 Å².